The molecular weight excluding hydrogens is 324 g/mol. The lowest BCUT2D eigenvalue weighted by Gasteiger charge is -2.22. The Hall–Kier alpha value is -2.67. The van der Waals surface area contributed by atoms with E-state index in [0.29, 0.717) is 17.9 Å². The topological polar surface area (TPSA) is 86.9 Å². The first-order valence-electron chi connectivity index (χ1n) is 7.68. The lowest BCUT2D eigenvalue weighted by molar-refractivity contribution is -0.116. The smallest absolute Gasteiger partial charge is 0.269 e. The summed E-state index contributed by atoms with van der Waals surface area (Å²) in [6.07, 6.45) is 0.310. The number of nitrogens with one attached hydrogen (secondary N) is 3. The number of hydrogen-bond acceptors (Lipinski definition) is 4. The zero-order valence-corrected chi connectivity index (χ0v) is 14.1. The van der Waals surface area contributed by atoms with Gasteiger partial charge in [-0.1, -0.05) is 18.2 Å². The van der Waals surface area contributed by atoms with Crippen molar-refractivity contribution in [2.45, 2.75) is 19.3 Å². The van der Waals surface area contributed by atoms with Crippen LogP contribution in [0.4, 0.5) is 5.82 Å². The summed E-state index contributed by atoms with van der Waals surface area (Å²) in [6, 6.07) is 8.19. The van der Waals surface area contributed by atoms with Crippen LogP contribution in [0.25, 0.3) is 10.1 Å². The van der Waals surface area contributed by atoms with Gasteiger partial charge in [0.15, 0.2) is 5.82 Å². The molecule has 0 saturated heterocycles. The van der Waals surface area contributed by atoms with Crippen molar-refractivity contribution in [2.24, 2.45) is 0 Å². The number of thiophene rings is 1. The van der Waals surface area contributed by atoms with Crippen LogP contribution in [0.3, 0.4) is 0 Å². The van der Waals surface area contributed by atoms with Crippen molar-refractivity contribution in [3.05, 3.63) is 46.0 Å². The Morgan fingerprint density at radius 1 is 1.38 bits per heavy atom. The molecule has 6 nitrogen and oxygen atoms in total. The van der Waals surface area contributed by atoms with Gasteiger partial charge in [0, 0.05) is 34.5 Å². The molecule has 122 valence electrons. The quantitative estimate of drug-likeness (QED) is 0.670. The molecule has 1 aliphatic heterocycles. The first-order chi connectivity index (χ1) is 11.6. The van der Waals surface area contributed by atoms with Gasteiger partial charge in [-0.3, -0.25) is 14.7 Å². The fourth-order valence-electron chi connectivity index (χ4n) is 3.30. The Bertz CT molecular complexity index is 972. The summed E-state index contributed by atoms with van der Waals surface area (Å²) in [5.74, 6) is -0.0353. The lowest BCUT2D eigenvalue weighted by Crippen LogP contribution is -2.26. The average molecular weight is 340 g/mol. The molecule has 0 spiro atoms. The largest absolute Gasteiger partial charge is 0.354 e. The number of aromatic nitrogens is 2. The highest BCUT2D eigenvalue weighted by Gasteiger charge is 2.35. The molecule has 2 amide bonds. The Balaban J connectivity index is 1.92. The van der Waals surface area contributed by atoms with Crippen molar-refractivity contribution < 1.29 is 9.59 Å². The molecule has 2 aromatic heterocycles. The Morgan fingerprint density at radius 3 is 2.92 bits per heavy atom. The maximum Gasteiger partial charge on any atom is 0.269 e. The fraction of sp³-hybridized carbons (Fsp3) is 0.235. The molecule has 24 heavy (non-hydrogen) atoms. The van der Waals surface area contributed by atoms with Gasteiger partial charge in [0.25, 0.3) is 5.91 Å². The van der Waals surface area contributed by atoms with Crippen molar-refractivity contribution in [2.75, 3.05) is 12.4 Å². The first-order valence-corrected chi connectivity index (χ1v) is 8.50. The minimum absolute atomic E-state index is 0.0840. The zero-order chi connectivity index (χ0) is 16.8. The normalized spacial score (nSPS) is 16.8. The maximum atomic E-state index is 12.2. The number of nitrogens with zero attached hydrogens (tertiary/aromatic N) is 1. The van der Waals surface area contributed by atoms with Crippen LogP contribution in [0, 0.1) is 6.92 Å². The minimum Gasteiger partial charge on any atom is -0.354 e. The van der Waals surface area contributed by atoms with Crippen molar-refractivity contribution in [3.63, 3.8) is 0 Å². The third kappa shape index (κ3) is 2.12. The SMILES string of the molecule is CNC(=O)c1[nH]nc2c1[C@@H](c1sc3ccccc3c1C)CC(=O)N2. The zero-order valence-electron chi connectivity index (χ0n) is 13.3. The molecule has 1 atom stereocenters. The van der Waals surface area contributed by atoms with E-state index in [0.717, 1.165) is 16.0 Å². The molecule has 1 aromatic carbocycles. The summed E-state index contributed by atoms with van der Waals surface area (Å²) in [6.45, 7) is 2.07. The highest BCUT2D eigenvalue weighted by molar-refractivity contribution is 7.19. The molecule has 0 aliphatic carbocycles. The predicted molar refractivity (Wildman–Crippen MR) is 93.6 cm³/mol. The predicted octanol–water partition coefficient (Wildman–Crippen LogP) is 2.77. The summed E-state index contributed by atoms with van der Waals surface area (Å²) in [5.41, 5.74) is 2.34. The van der Waals surface area contributed by atoms with E-state index >= 15 is 0 Å². The lowest BCUT2D eigenvalue weighted by atomic mass is 9.88. The van der Waals surface area contributed by atoms with Gasteiger partial charge in [-0.2, -0.15) is 5.10 Å². The number of amides is 2. The Morgan fingerprint density at radius 2 is 2.17 bits per heavy atom. The van der Waals surface area contributed by atoms with Gasteiger partial charge in [-0.05, 0) is 23.9 Å². The van der Waals surface area contributed by atoms with E-state index in [-0.39, 0.29) is 17.7 Å². The number of benzene rings is 1. The van der Waals surface area contributed by atoms with Gasteiger partial charge >= 0.3 is 0 Å². The van der Waals surface area contributed by atoms with Crippen LogP contribution in [0.5, 0.6) is 0 Å². The highest BCUT2D eigenvalue weighted by Crippen LogP contribution is 2.44. The van der Waals surface area contributed by atoms with Gasteiger partial charge in [-0.15, -0.1) is 11.3 Å². The van der Waals surface area contributed by atoms with Gasteiger partial charge in [0.2, 0.25) is 5.91 Å². The van der Waals surface area contributed by atoms with Crippen LogP contribution in [0.2, 0.25) is 0 Å². The molecule has 3 heterocycles. The minimum atomic E-state index is -0.233. The number of rotatable bonds is 2. The second kappa shape index (κ2) is 5.45. The Labute approximate surface area is 142 Å². The first kappa shape index (κ1) is 14.9. The second-order valence-corrected chi connectivity index (χ2v) is 6.92. The van der Waals surface area contributed by atoms with Crippen molar-refractivity contribution in [3.8, 4) is 0 Å². The number of carbonyl (C=O) groups is 2. The third-order valence-electron chi connectivity index (χ3n) is 4.45. The number of H-pyrrole nitrogens is 1. The molecule has 3 N–H and O–H groups in total. The molecule has 0 saturated carbocycles. The third-order valence-corrected chi connectivity index (χ3v) is 5.84. The summed E-state index contributed by atoms with van der Waals surface area (Å²) in [7, 11) is 1.58. The molecule has 0 fully saturated rings. The van der Waals surface area contributed by atoms with E-state index in [1.54, 1.807) is 18.4 Å². The molecule has 0 unspecified atom stereocenters. The highest BCUT2D eigenvalue weighted by atomic mass is 32.1. The van der Waals surface area contributed by atoms with Crippen molar-refractivity contribution in [1.29, 1.82) is 0 Å². The maximum absolute atomic E-state index is 12.2. The van der Waals surface area contributed by atoms with Crippen LogP contribution < -0.4 is 10.6 Å². The van der Waals surface area contributed by atoms with Gasteiger partial charge in [0.05, 0.1) is 0 Å². The molecule has 1 aliphatic rings. The van der Waals surface area contributed by atoms with Gasteiger partial charge < -0.3 is 10.6 Å². The van der Waals surface area contributed by atoms with Crippen LogP contribution >= 0.6 is 11.3 Å². The molecule has 0 radical (unpaired) electrons. The van der Waals surface area contributed by atoms with Crippen LogP contribution in [-0.4, -0.2) is 29.1 Å². The molecule has 7 heteroatoms. The molecule has 3 aromatic rings. The van der Waals surface area contributed by atoms with Crippen LogP contribution in [0.1, 0.15) is 38.8 Å². The van der Waals surface area contributed by atoms with Gasteiger partial charge in [-0.25, -0.2) is 0 Å². The number of hydrogen-bond donors (Lipinski definition) is 3. The standard InChI is InChI=1S/C17H16N4O2S/c1-8-9-5-3-4-6-11(9)24-15(8)10-7-12(22)19-16-13(10)14(20-21-16)17(23)18-2/h3-6,10H,7H2,1-2H3,(H,18,23)(H2,19,20,21,22)/t10-/m0/s1. The monoisotopic (exact) mass is 340 g/mol. The van der Waals surface area contributed by atoms with E-state index in [9.17, 15) is 9.59 Å². The van der Waals surface area contributed by atoms with E-state index in [2.05, 4.69) is 39.9 Å². The summed E-state index contributed by atoms with van der Waals surface area (Å²) in [5, 5.41) is 13.5. The van der Waals surface area contributed by atoms with E-state index < -0.39 is 0 Å². The second-order valence-electron chi connectivity index (χ2n) is 5.83. The number of anilines is 1. The van der Waals surface area contributed by atoms with Crippen LogP contribution in [-0.2, 0) is 4.79 Å². The number of fused-ring (bicyclic) bond motifs is 2. The number of aromatic amines is 1. The Kier molecular flexibility index (Phi) is 3.38. The summed E-state index contributed by atoms with van der Waals surface area (Å²) >= 11 is 1.67. The van der Waals surface area contributed by atoms with E-state index in [1.165, 1.54) is 10.1 Å². The average Bonchev–Trinajstić information content (AvgIpc) is 3.15. The van der Waals surface area contributed by atoms with E-state index in [1.807, 2.05) is 12.1 Å². The molecule has 4 rings (SSSR count). The fourth-order valence-corrected chi connectivity index (χ4v) is 4.62. The van der Waals surface area contributed by atoms with Crippen LogP contribution in [0.15, 0.2) is 24.3 Å². The molecular formula is C17H16N4O2S. The van der Waals surface area contributed by atoms with E-state index in [4.69, 9.17) is 0 Å². The molecule has 0 bridgehead atoms. The van der Waals surface area contributed by atoms with Gasteiger partial charge in [0.1, 0.15) is 5.69 Å². The van der Waals surface area contributed by atoms with Crippen molar-refractivity contribution >= 4 is 39.1 Å². The number of aryl methyl sites for hydroxylation is 1. The van der Waals surface area contributed by atoms with Crippen molar-refractivity contribution in [1.82, 2.24) is 15.5 Å². The number of carbonyl (C=O) groups excluding carboxylic acids is 2. The summed E-state index contributed by atoms with van der Waals surface area (Å²) < 4.78 is 1.18. The summed E-state index contributed by atoms with van der Waals surface area (Å²) in [4.78, 5) is 25.4.